The number of amides is 1. The summed E-state index contributed by atoms with van der Waals surface area (Å²) in [7, 11) is 5.65. The van der Waals surface area contributed by atoms with Crippen molar-refractivity contribution in [2.75, 3.05) is 27.7 Å². The zero-order valence-electron chi connectivity index (χ0n) is 17.6. The number of hydrogen-bond donors (Lipinski definition) is 1. The standard InChI is InChI=1S/C23H28N4O2/c1-16-22(17(2)27(25-16)18-11-7-6-8-12-18)23(28)24-15-20(26(3)4)19-13-9-10-14-21(19)29-5/h6-14,20H,15H2,1-5H3,(H,24,28). The summed E-state index contributed by atoms with van der Waals surface area (Å²) < 4.78 is 7.32. The van der Waals surface area contributed by atoms with Gasteiger partial charge in [-0.1, -0.05) is 36.4 Å². The van der Waals surface area contributed by atoms with Gasteiger partial charge in [0.2, 0.25) is 0 Å². The predicted molar refractivity (Wildman–Crippen MR) is 115 cm³/mol. The van der Waals surface area contributed by atoms with Gasteiger partial charge in [-0.3, -0.25) is 4.79 Å². The molecular formula is C23H28N4O2. The van der Waals surface area contributed by atoms with E-state index in [0.29, 0.717) is 17.8 Å². The molecule has 0 bridgehead atoms. The maximum atomic E-state index is 13.0. The van der Waals surface area contributed by atoms with Crippen LogP contribution in [-0.2, 0) is 0 Å². The highest BCUT2D eigenvalue weighted by Crippen LogP contribution is 2.27. The highest BCUT2D eigenvalue weighted by molar-refractivity contribution is 5.96. The van der Waals surface area contributed by atoms with Crippen molar-refractivity contribution in [2.24, 2.45) is 0 Å². The van der Waals surface area contributed by atoms with E-state index in [4.69, 9.17) is 4.74 Å². The Labute approximate surface area is 172 Å². The number of carbonyl (C=O) groups excluding carboxylic acids is 1. The minimum Gasteiger partial charge on any atom is -0.496 e. The van der Waals surface area contributed by atoms with Crippen LogP contribution < -0.4 is 10.1 Å². The Bertz CT molecular complexity index is 980. The van der Waals surface area contributed by atoms with Gasteiger partial charge in [-0.05, 0) is 46.1 Å². The van der Waals surface area contributed by atoms with Crippen LogP contribution in [0.25, 0.3) is 5.69 Å². The summed E-state index contributed by atoms with van der Waals surface area (Å²) in [6, 6.07) is 17.7. The van der Waals surface area contributed by atoms with Crippen LogP contribution in [0.2, 0.25) is 0 Å². The monoisotopic (exact) mass is 392 g/mol. The lowest BCUT2D eigenvalue weighted by molar-refractivity contribution is 0.0940. The second kappa shape index (κ2) is 8.92. The van der Waals surface area contributed by atoms with Gasteiger partial charge in [0.15, 0.2) is 0 Å². The molecule has 2 aromatic carbocycles. The topological polar surface area (TPSA) is 59.4 Å². The number of hydrogen-bond acceptors (Lipinski definition) is 4. The highest BCUT2D eigenvalue weighted by Gasteiger charge is 2.23. The molecule has 0 aliphatic heterocycles. The Balaban J connectivity index is 1.82. The predicted octanol–water partition coefficient (Wildman–Crippen LogP) is 3.53. The molecule has 1 atom stereocenters. The number of rotatable bonds is 7. The Hall–Kier alpha value is -3.12. The molecule has 0 fully saturated rings. The first kappa shape index (κ1) is 20.6. The molecular weight excluding hydrogens is 364 g/mol. The van der Waals surface area contributed by atoms with Gasteiger partial charge in [0.05, 0.1) is 35.8 Å². The van der Waals surface area contributed by atoms with Crippen molar-refractivity contribution in [3.05, 3.63) is 77.1 Å². The maximum absolute atomic E-state index is 13.0. The fraction of sp³-hybridized carbons (Fsp3) is 0.304. The Morgan fingerprint density at radius 1 is 1.10 bits per heavy atom. The molecule has 1 N–H and O–H groups in total. The lowest BCUT2D eigenvalue weighted by Crippen LogP contribution is -2.35. The molecule has 1 aromatic heterocycles. The van der Waals surface area contributed by atoms with Crippen molar-refractivity contribution < 1.29 is 9.53 Å². The first-order valence-electron chi connectivity index (χ1n) is 9.63. The molecule has 1 unspecified atom stereocenters. The summed E-state index contributed by atoms with van der Waals surface area (Å²) in [5, 5.41) is 7.66. The lowest BCUT2D eigenvalue weighted by atomic mass is 10.0. The number of carbonyl (C=O) groups is 1. The second-order valence-corrected chi connectivity index (χ2v) is 7.22. The molecule has 29 heavy (non-hydrogen) atoms. The van der Waals surface area contributed by atoms with E-state index in [0.717, 1.165) is 22.7 Å². The molecule has 1 amide bonds. The normalized spacial score (nSPS) is 12.1. The number of methoxy groups -OCH3 is 1. The van der Waals surface area contributed by atoms with E-state index in [1.165, 1.54) is 0 Å². The molecule has 1 heterocycles. The van der Waals surface area contributed by atoms with Crippen LogP contribution in [-0.4, -0.2) is 48.3 Å². The van der Waals surface area contributed by atoms with Crippen LogP contribution in [0.5, 0.6) is 5.75 Å². The van der Waals surface area contributed by atoms with E-state index >= 15 is 0 Å². The first-order chi connectivity index (χ1) is 13.9. The van der Waals surface area contributed by atoms with Gasteiger partial charge < -0.3 is 15.0 Å². The molecule has 6 nitrogen and oxygen atoms in total. The largest absolute Gasteiger partial charge is 0.496 e. The van der Waals surface area contributed by atoms with Crippen molar-refractivity contribution in [1.82, 2.24) is 20.0 Å². The molecule has 0 aliphatic carbocycles. The fourth-order valence-corrected chi connectivity index (χ4v) is 3.58. The Morgan fingerprint density at radius 2 is 1.76 bits per heavy atom. The van der Waals surface area contributed by atoms with E-state index in [1.807, 2.05) is 87.2 Å². The van der Waals surface area contributed by atoms with E-state index < -0.39 is 0 Å². The fourth-order valence-electron chi connectivity index (χ4n) is 3.58. The van der Waals surface area contributed by atoms with Crippen LogP contribution in [0, 0.1) is 13.8 Å². The number of benzene rings is 2. The van der Waals surface area contributed by atoms with Crippen LogP contribution in [0.1, 0.15) is 33.4 Å². The number of para-hydroxylation sites is 2. The van der Waals surface area contributed by atoms with Crippen molar-refractivity contribution >= 4 is 5.91 Å². The van der Waals surface area contributed by atoms with Gasteiger partial charge in [-0.15, -0.1) is 0 Å². The zero-order valence-corrected chi connectivity index (χ0v) is 17.6. The molecule has 3 aromatic rings. The van der Waals surface area contributed by atoms with Gasteiger partial charge in [0.25, 0.3) is 5.91 Å². The van der Waals surface area contributed by atoms with Crippen molar-refractivity contribution in [3.63, 3.8) is 0 Å². The van der Waals surface area contributed by atoms with Gasteiger partial charge in [-0.2, -0.15) is 5.10 Å². The molecule has 0 radical (unpaired) electrons. The minimum atomic E-state index is -0.121. The number of nitrogens with zero attached hydrogens (tertiary/aromatic N) is 3. The number of nitrogens with one attached hydrogen (secondary N) is 1. The van der Waals surface area contributed by atoms with Crippen LogP contribution in [0.15, 0.2) is 54.6 Å². The summed E-state index contributed by atoms with van der Waals surface area (Å²) in [6.45, 7) is 4.25. The molecule has 0 saturated carbocycles. The molecule has 0 spiro atoms. The van der Waals surface area contributed by atoms with E-state index in [-0.39, 0.29) is 11.9 Å². The van der Waals surface area contributed by atoms with Crippen molar-refractivity contribution in [1.29, 1.82) is 0 Å². The Morgan fingerprint density at radius 3 is 2.41 bits per heavy atom. The molecule has 0 saturated heterocycles. The number of likely N-dealkylation sites (N-methyl/N-ethyl adjacent to an activating group) is 1. The summed E-state index contributed by atoms with van der Waals surface area (Å²) in [5.41, 5.74) is 4.12. The lowest BCUT2D eigenvalue weighted by Gasteiger charge is -2.26. The highest BCUT2D eigenvalue weighted by atomic mass is 16.5. The summed E-state index contributed by atoms with van der Waals surface area (Å²) in [4.78, 5) is 15.1. The number of ether oxygens (including phenoxy) is 1. The third-order valence-corrected chi connectivity index (χ3v) is 5.10. The van der Waals surface area contributed by atoms with E-state index in [1.54, 1.807) is 7.11 Å². The van der Waals surface area contributed by atoms with Crippen LogP contribution in [0.3, 0.4) is 0 Å². The number of aromatic nitrogens is 2. The SMILES string of the molecule is COc1ccccc1C(CNC(=O)c1c(C)nn(-c2ccccc2)c1C)N(C)C. The van der Waals surface area contributed by atoms with Gasteiger partial charge in [0.1, 0.15) is 5.75 Å². The van der Waals surface area contributed by atoms with Gasteiger partial charge in [-0.25, -0.2) is 4.68 Å². The smallest absolute Gasteiger partial charge is 0.255 e. The molecule has 152 valence electrons. The third-order valence-electron chi connectivity index (χ3n) is 5.10. The first-order valence-corrected chi connectivity index (χ1v) is 9.63. The van der Waals surface area contributed by atoms with Crippen LogP contribution in [0.4, 0.5) is 0 Å². The van der Waals surface area contributed by atoms with Crippen molar-refractivity contribution in [3.8, 4) is 11.4 Å². The van der Waals surface area contributed by atoms with E-state index in [2.05, 4.69) is 15.3 Å². The average molecular weight is 393 g/mol. The van der Waals surface area contributed by atoms with Gasteiger partial charge >= 0.3 is 0 Å². The number of aryl methyl sites for hydroxylation is 1. The quantitative estimate of drug-likeness (QED) is 0.668. The minimum absolute atomic E-state index is 0.0140. The molecule has 0 aliphatic rings. The zero-order chi connectivity index (χ0) is 21.0. The van der Waals surface area contributed by atoms with E-state index in [9.17, 15) is 4.79 Å². The van der Waals surface area contributed by atoms with Crippen molar-refractivity contribution in [2.45, 2.75) is 19.9 Å². The third kappa shape index (κ3) is 4.32. The van der Waals surface area contributed by atoms with Crippen LogP contribution >= 0.6 is 0 Å². The average Bonchev–Trinajstić information content (AvgIpc) is 3.02. The summed E-state index contributed by atoms with van der Waals surface area (Å²) in [5.74, 6) is 0.689. The second-order valence-electron chi connectivity index (χ2n) is 7.22. The molecule has 6 heteroatoms. The summed E-state index contributed by atoms with van der Waals surface area (Å²) >= 11 is 0. The van der Waals surface area contributed by atoms with Gasteiger partial charge in [0, 0.05) is 12.1 Å². The summed E-state index contributed by atoms with van der Waals surface area (Å²) in [6.07, 6.45) is 0. The molecule has 3 rings (SSSR count). The maximum Gasteiger partial charge on any atom is 0.255 e. The Kier molecular flexibility index (Phi) is 6.34.